The lowest BCUT2D eigenvalue weighted by atomic mass is 10.0. The fraction of sp³-hybridized carbons (Fsp3) is 0.292. The molecule has 1 aromatic heterocycles. The van der Waals surface area contributed by atoms with Crippen molar-refractivity contribution in [3.63, 3.8) is 0 Å². The molecule has 154 valence electrons. The van der Waals surface area contributed by atoms with Crippen molar-refractivity contribution in [1.82, 2.24) is 15.3 Å². The molecule has 1 aliphatic carbocycles. The summed E-state index contributed by atoms with van der Waals surface area (Å²) in [6.07, 6.45) is 3.93. The Bertz CT molecular complexity index is 1050. The Morgan fingerprint density at radius 3 is 2.43 bits per heavy atom. The number of amides is 1. The molecular formula is C24H23Cl2N3O. The lowest BCUT2D eigenvalue weighted by molar-refractivity contribution is 0.0952. The number of rotatable bonds is 7. The minimum atomic E-state index is -0.172. The monoisotopic (exact) mass is 439 g/mol. The number of nitrogens with one attached hydrogen (secondary N) is 1. The van der Waals surface area contributed by atoms with Gasteiger partial charge in [0.1, 0.15) is 5.82 Å². The van der Waals surface area contributed by atoms with Crippen molar-refractivity contribution in [2.24, 2.45) is 0 Å². The third kappa shape index (κ3) is 5.00. The first kappa shape index (κ1) is 20.8. The summed E-state index contributed by atoms with van der Waals surface area (Å²) in [4.78, 5) is 22.5. The second-order valence-corrected chi connectivity index (χ2v) is 8.54. The van der Waals surface area contributed by atoms with Crippen molar-refractivity contribution >= 4 is 29.1 Å². The lowest BCUT2D eigenvalue weighted by Crippen LogP contribution is -2.27. The molecule has 0 spiro atoms. The largest absolute Gasteiger partial charge is 0.352 e. The molecule has 4 rings (SSSR count). The van der Waals surface area contributed by atoms with Crippen molar-refractivity contribution in [2.75, 3.05) is 6.54 Å². The Morgan fingerprint density at radius 2 is 1.77 bits per heavy atom. The smallest absolute Gasteiger partial charge is 0.255 e. The van der Waals surface area contributed by atoms with Crippen LogP contribution in [0.4, 0.5) is 0 Å². The molecule has 3 aromatic rings. The topological polar surface area (TPSA) is 54.9 Å². The molecule has 0 unspecified atom stereocenters. The van der Waals surface area contributed by atoms with Gasteiger partial charge in [0, 0.05) is 28.1 Å². The van der Waals surface area contributed by atoms with Gasteiger partial charge in [-0.2, -0.15) is 0 Å². The SMILES string of the molecule is Cc1nc(C2CC2)nc(-c2cc(Cl)cc(Cl)c2)c1C(=O)NCCCc1ccccc1. The Labute approximate surface area is 186 Å². The fourth-order valence-corrected chi connectivity index (χ4v) is 4.04. The van der Waals surface area contributed by atoms with Crippen LogP contribution in [0.3, 0.4) is 0 Å². The van der Waals surface area contributed by atoms with Crippen LogP contribution in [0, 0.1) is 6.92 Å². The maximum Gasteiger partial charge on any atom is 0.255 e. The van der Waals surface area contributed by atoms with E-state index >= 15 is 0 Å². The van der Waals surface area contributed by atoms with E-state index in [2.05, 4.69) is 22.4 Å². The predicted molar refractivity (Wildman–Crippen MR) is 121 cm³/mol. The molecule has 0 saturated heterocycles. The number of aromatic nitrogens is 2. The zero-order valence-corrected chi connectivity index (χ0v) is 18.3. The van der Waals surface area contributed by atoms with Gasteiger partial charge in [-0.05, 0) is 56.4 Å². The highest BCUT2D eigenvalue weighted by molar-refractivity contribution is 6.35. The van der Waals surface area contributed by atoms with Crippen molar-refractivity contribution in [2.45, 2.75) is 38.5 Å². The van der Waals surface area contributed by atoms with Gasteiger partial charge in [0.15, 0.2) is 0 Å². The standard InChI is InChI=1S/C24H23Cl2N3O/c1-15-21(24(30)27-11-5-8-16-6-3-2-4-7-16)22(29-23(28-15)17-9-10-17)18-12-19(25)14-20(26)13-18/h2-4,6-7,12-14,17H,5,8-11H2,1H3,(H,27,30). The normalized spacial score (nSPS) is 13.3. The maximum absolute atomic E-state index is 13.1. The average Bonchev–Trinajstić information content (AvgIpc) is 3.56. The van der Waals surface area contributed by atoms with Crippen LogP contribution >= 0.6 is 23.2 Å². The molecule has 1 N–H and O–H groups in total. The van der Waals surface area contributed by atoms with Crippen molar-refractivity contribution in [3.05, 3.63) is 81.2 Å². The lowest BCUT2D eigenvalue weighted by Gasteiger charge is -2.14. The van der Waals surface area contributed by atoms with E-state index in [1.807, 2.05) is 25.1 Å². The number of halogens is 2. The first-order valence-corrected chi connectivity index (χ1v) is 10.9. The van der Waals surface area contributed by atoms with Crippen LogP contribution in [0.5, 0.6) is 0 Å². The third-order valence-corrected chi connectivity index (χ3v) is 5.62. The van der Waals surface area contributed by atoms with Gasteiger partial charge in [-0.15, -0.1) is 0 Å². The zero-order valence-electron chi connectivity index (χ0n) is 16.8. The van der Waals surface area contributed by atoms with E-state index in [1.165, 1.54) is 5.56 Å². The summed E-state index contributed by atoms with van der Waals surface area (Å²) < 4.78 is 0. The highest BCUT2D eigenvalue weighted by atomic mass is 35.5. The Hall–Kier alpha value is -2.43. The van der Waals surface area contributed by atoms with E-state index in [-0.39, 0.29) is 5.91 Å². The van der Waals surface area contributed by atoms with Crippen LogP contribution in [-0.2, 0) is 6.42 Å². The number of carbonyl (C=O) groups excluding carboxylic acids is 1. The Morgan fingerprint density at radius 1 is 1.07 bits per heavy atom. The second-order valence-electron chi connectivity index (χ2n) is 7.67. The molecule has 0 atom stereocenters. The number of aryl methyl sites for hydroxylation is 2. The molecule has 1 fully saturated rings. The first-order chi connectivity index (χ1) is 14.5. The van der Waals surface area contributed by atoms with Crippen molar-refractivity contribution in [3.8, 4) is 11.3 Å². The fourth-order valence-electron chi connectivity index (χ4n) is 3.52. The highest BCUT2D eigenvalue weighted by Crippen LogP contribution is 2.40. The summed E-state index contributed by atoms with van der Waals surface area (Å²) in [6, 6.07) is 15.5. The molecule has 2 aromatic carbocycles. The van der Waals surface area contributed by atoms with Crippen LogP contribution in [0.15, 0.2) is 48.5 Å². The van der Waals surface area contributed by atoms with E-state index in [9.17, 15) is 4.79 Å². The van der Waals surface area contributed by atoms with Crippen molar-refractivity contribution in [1.29, 1.82) is 0 Å². The molecule has 30 heavy (non-hydrogen) atoms. The summed E-state index contributed by atoms with van der Waals surface area (Å²) in [5, 5.41) is 4.05. The summed E-state index contributed by atoms with van der Waals surface area (Å²) in [7, 11) is 0. The van der Waals surface area contributed by atoms with Crippen LogP contribution in [0.25, 0.3) is 11.3 Å². The van der Waals surface area contributed by atoms with E-state index in [0.717, 1.165) is 37.1 Å². The van der Waals surface area contributed by atoms with Crippen LogP contribution in [0.1, 0.15) is 52.6 Å². The molecule has 0 aliphatic heterocycles. The van der Waals surface area contributed by atoms with E-state index in [4.69, 9.17) is 28.2 Å². The third-order valence-electron chi connectivity index (χ3n) is 5.18. The molecule has 6 heteroatoms. The van der Waals surface area contributed by atoms with E-state index in [0.29, 0.717) is 39.5 Å². The number of carbonyl (C=O) groups is 1. The van der Waals surface area contributed by atoms with E-state index in [1.54, 1.807) is 18.2 Å². The average molecular weight is 440 g/mol. The Balaban J connectivity index is 1.57. The van der Waals surface area contributed by atoms with E-state index < -0.39 is 0 Å². The Kier molecular flexibility index (Phi) is 6.35. The number of benzene rings is 2. The minimum Gasteiger partial charge on any atom is -0.352 e. The molecule has 1 amide bonds. The molecule has 0 bridgehead atoms. The van der Waals surface area contributed by atoms with Gasteiger partial charge in [-0.1, -0.05) is 53.5 Å². The number of hydrogen-bond donors (Lipinski definition) is 1. The van der Waals surface area contributed by atoms with Crippen molar-refractivity contribution < 1.29 is 4.79 Å². The molecule has 1 heterocycles. The van der Waals surface area contributed by atoms with Gasteiger partial charge >= 0.3 is 0 Å². The molecule has 0 radical (unpaired) electrons. The summed E-state index contributed by atoms with van der Waals surface area (Å²) in [5.41, 5.74) is 3.74. The number of hydrogen-bond acceptors (Lipinski definition) is 3. The van der Waals surface area contributed by atoms with Gasteiger partial charge in [0.25, 0.3) is 5.91 Å². The first-order valence-electron chi connectivity index (χ1n) is 10.2. The van der Waals surface area contributed by atoms with Gasteiger partial charge in [0.2, 0.25) is 0 Å². The second kappa shape index (κ2) is 9.15. The summed E-state index contributed by atoms with van der Waals surface area (Å²) in [6.45, 7) is 2.44. The molecular weight excluding hydrogens is 417 g/mol. The minimum absolute atomic E-state index is 0.172. The van der Waals surface area contributed by atoms with Crippen LogP contribution in [0.2, 0.25) is 10.0 Å². The highest BCUT2D eigenvalue weighted by Gasteiger charge is 2.29. The van der Waals surface area contributed by atoms with Gasteiger partial charge < -0.3 is 5.32 Å². The molecule has 1 aliphatic rings. The van der Waals surface area contributed by atoms with Gasteiger partial charge in [0.05, 0.1) is 17.0 Å². The summed E-state index contributed by atoms with van der Waals surface area (Å²) in [5.74, 6) is 0.994. The summed E-state index contributed by atoms with van der Waals surface area (Å²) >= 11 is 12.4. The molecule has 1 saturated carbocycles. The quantitative estimate of drug-likeness (QED) is 0.459. The maximum atomic E-state index is 13.1. The predicted octanol–water partition coefficient (Wildman–Crippen LogP) is 6.00. The molecule has 4 nitrogen and oxygen atoms in total. The zero-order chi connectivity index (χ0) is 21.1. The number of nitrogens with zero attached hydrogens (tertiary/aromatic N) is 2. The van der Waals surface area contributed by atoms with Crippen LogP contribution in [-0.4, -0.2) is 22.4 Å². The van der Waals surface area contributed by atoms with Gasteiger partial charge in [-0.3, -0.25) is 4.79 Å². The van der Waals surface area contributed by atoms with Crippen LogP contribution < -0.4 is 5.32 Å². The van der Waals surface area contributed by atoms with Gasteiger partial charge in [-0.25, -0.2) is 9.97 Å².